The van der Waals surface area contributed by atoms with Gasteiger partial charge in [0.15, 0.2) is 0 Å². The van der Waals surface area contributed by atoms with Crippen molar-refractivity contribution in [2.45, 2.75) is 12.8 Å². The summed E-state index contributed by atoms with van der Waals surface area (Å²) in [5, 5.41) is 4.15. The number of amides is 1. The van der Waals surface area contributed by atoms with Gasteiger partial charge in [0, 0.05) is 23.2 Å². The molecule has 0 bridgehead atoms. The van der Waals surface area contributed by atoms with Gasteiger partial charge in [-0.25, -0.2) is 17.8 Å². The van der Waals surface area contributed by atoms with Crippen molar-refractivity contribution in [3.05, 3.63) is 89.2 Å². The van der Waals surface area contributed by atoms with Crippen molar-refractivity contribution in [3.63, 3.8) is 0 Å². The molecule has 1 saturated heterocycles. The zero-order valence-corrected chi connectivity index (χ0v) is 20.1. The number of para-hydroxylation sites is 1. The molecule has 5 rings (SSSR count). The minimum Gasteiger partial charge on any atom is -0.322 e. The molecule has 0 unspecified atom stereocenters. The van der Waals surface area contributed by atoms with Crippen LogP contribution < -0.4 is 9.62 Å². The van der Waals surface area contributed by atoms with Gasteiger partial charge in [0.05, 0.1) is 33.2 Å². The van der Waals surface area contributed by atoms with E-state index in [0.29, 0.717) is 41.4 Å². The zero-order valence-electron chi connectivity index (χ0n) is 18.5. The van der Waals surface area contributed by atoms with Crippen LogP contribution in [0.5, 0.6) is 0 Å². The lowest BCUT2D eigenvalue weighted by molar-refractivity contribution is 0.102. The van der Waals surface area contributed by atoms with Gasteiger partial charge in [-0.2, -0.15) is 0 Å². The molecule has 9 heteroatoms. The molecule has 1 N–H and O–H groups in total. The van der Waals surface area contributed by atoms with Crippen molar-refractivity contribution in [2.75, 3.05) is 21.9 Å². The Balaban J connectivity index is 1.40. The monoisotopic (exact) mass is 509 g/mol. The smallest absolute Gasteiger partial charge is 0.258 e. The summed E-state index contributed by atoms with van der Waals surface area (Å²) in [4.78, 5) is 17.5. The van der Waals surface area contributed by atoms with Crippen LogP contribution in [0.1, 0.15) is 23.2 Å². The van der Waals surface area contributed by atoms with E-state index in [2.05, 4.69) is 10.3 Å². The van der Waals surface area contributed by atoms with E-state index in [9.17, 15) is 17.6 Å². The highest BCUT2D eigenvalue weighted by molar-refractivity contribution is 7.92. The van der Waals surface area contributed by atoms with Gasteiger partial charge < -0.3 is 5.32 Å². The van der Waals surface area contributed by atoms with E-state index in [1.807, 2.05) is 36.4 Å². The highest BCUT2D eigenvalue weighted by atomic mass is 35.5. The number of rotatable bonds is 4. The van der Waals surface area contributed by atoms with Crippen LogP contribution in [0.4, 0.5) is 15.8 Å². The van der Waals surface area contributed by atoms with Crippen LogP contribution in [-0.2, 0) is 10.0 Å². The van der Waals surface area contributed by atoms with Gasteiger partial charge in [0.25, 0.3) is 5.91 Å². The number of hydrogen-bond acceptors (Lipinski definition) is 4. The van der Waals surface area contributed by atoms with Crippen molar-refractivity contribution < 1.29 is 17.6 Å². The molecular formula is C26H21ClFN3O3S. The summed E-state index contributed by atoms with van der Waals surface area (Å²) in [6.45, 7) is 0.295. The molecule has 1 aliphatic heterocycles. The first kappa shape index (κ1) is 23.3. The van der Waals surface area contributed by atoms with Gasteiger partial charge in [0.2, 0.25) is 10.0 Å². The summed E-state index contributed by atoms with van der Waals surface area (Å²) in [7, 11) is -3.48. The molecule has 0 spiro atoms. The molecule has 0 aliphatic carbocycles. The number of pyridine rings is 1. The number of fused-ring (bicyclic) bond motifs is 1. The van der Waals surface area contributed by atoms with Crippen molar-refractivity contribution in [2.24, 2.45) is 0 Å². The van der Waals surface area contributed by atoms with E-state index in [-0.39, 0.29) is 17.0 Å². The number of benzene rings is 3. The molecule has 35 heavy (non-hydrogen) atoms. The topological polar surface area (TPSA) is 79.4 Å². The minimum absolute atomic E-state index is 0.0296. The van der Waals surface area contributed by atoms with Crippen molar-refractivity contribution in [1.29, 1.82) is 0 Å². The second-order valence-electron chi connectivity index (χ2n) is 8.30. The third-order valence-corrected chi connectivity index (χ3v) is 8.13. The maximum absolute atomic E-state index is 14.9. The van der Waals surface area contributed by atoms with Crippen molar-refractivity contribution in [3.8, 4) is 11.3 Å². The predicted octanol–water partition coefficient (Wildman–Crippen LogP) is 5.88. The molecule has 0 radical (unpaired) electrons. The lowest BCUT2D eigenvalue weighted by Gasteiger charge is -2.28. The molecular weight excluding hydrogens is 489 g/mol. The maximum atomic E-state index is 14.9. The maximum Gasteiger partial charge on any atom is 0.258 e. The Labute approximate surface area is 207 Å². The van der Waals surface area contributed by atoms with Crippen molar-refractivity contribution in [1.82, 2.24) is 4.98 Å². The number of aromatic nitrogens is 1. The Morgan fingerprint density at radius 3 is 2.63 bits per heavy atom. The average molecular weight is 510 g/mol. The highest BCUT2D eigenvalue weighted by Crippen LogP contribution is 2.31. The van der Waals surface area contributed by atoms with Crippen LogP contribution in [0.3, 0.4) is 0 Å². The van der Waals surface area contributed by atoms with Crippen LogP contribution in [0.15, 0.2) is 72.8 Å². The fourth-order valence-corrected chi connectivity index (χ4v) is 5.98. The molecule has 0 atom stereocenters. The minimum atomic E-state index is -3.48. The van der Waals surface area contributed by atoms with E-state index in [1.54, 1.807) is 18.2 Å². The van der Waals surface area contributed by atoms with Crippen LogP contribution >= 0.6 is 11.6 Å². The zero-order chi connectivity index (χ0) is 24.6. The average Bonchev–Trinajstić information content (AvgIpc) is 2.84. The largest absolute Gasteiger partial charge is 0.322 e. The summed E-state index contributed by atoms with van der Waals surface area (Å²) >= 11 is 6.41. The SMILES string of the molecule is O=C(Nc1ccc(Cl)c(-c2ccc3ccccc3n2)c1)c1ccc(N2CCCCS2(=O)=O)cc1F. The molecule has 178 valence electrons. The lowest BCUT2D eigenvalue weighted by Crippen LogP contribution is -2.37. The molecule has 1 fully saturated rings. The molecule has 3 aromatic carbocycles. The van der Waals surface area contributed by atoms with Crippen LogP contribution in [0, 0.1) is 5.82 Å². The number of carbonyl (C=O) groups is 1. The second kappa shape index (κ2) is 9.28. The molecule has 4 aromatic rings. The summed E-state index contributed by atoms with van der Waals surface area (Å²) in [6, 6.07) is 20.3. The molecule has 1 aliphatic rings. The normalized spacial score (nSPS) is 15.2. The Kier molecular flexibility index (Phi) is 6.17. The Bertz CT molecular complexity index is 1560. The second-order valence-corrected chi connectivity index (χ2v) is 10.7. The highest BCUT2D eigenvalue weighted by Gasteiger charge is 2.27. The summed E-state index contributed by atoms with van der Waals surface area (Å²) in [5.41, 5.74) is 2.53. The molecule has 2 heterocycles. The molecule has 6 nitrogen and oxygen atoms in total. The van der Waals surface area contributed by atoms with E-state index in [1.165, 1.54) is 16.4 Å². The number of sulfonamides is 1. The van der Waals surface area contributed by atoms with E-state index in [4.69, 9.17) is 11.6 Å². The van der Waals surface area contributed by atoms with Gasteiger partial charge in [-0.1, -0.05) is 35.9 Å². The van der Waals surface area contributed by atoms with Gasteiger partial charge in [-0.3, -0.25) is 9.10 Å². The third kappa shape index (κ3) is 4.72. The Morgan fingerprint density at radius 1 is 1.00 bits per heavy atom. The fraction of sp³-hybridized carbons (Fsp3) is 0.154. The fourth-order valence-electron chi connectivity index (χ4n) is 4.14. The summed E-state index contributed by atoms with van der Waals surface area (Å²) < 4.78 is 40.7. The van der Waals surface area contributed by atoms with E-state index < -0.39 is 21.7 Å². The number of nitrogens with one attached hydrogen (secondary N) is 1. The van der Waals surface area contributed by atoms with Gasteiger partial charge >= 0.3 is 0 Å². The standard InChI is InChI=1S/C26H21ClFN3O3S/c27-22-11-8-18(15-21(22)25-12-7-17-5-1-2-6-24(17)30-25)29-26(32)20-10-9-19(16-23(20)28)31-13-3-4-14-35(31,33)34/h1-2,5-12,15-16H,3-4,13-14H2,(H,29,32). The van der Waals surface area contributed by atoms with Gasteiger partial charge in [-0.15, -0.1) is 0 Å². The number of carbonyl (C=O) groups excluding carboxylic acids is 1. The van der Waals surface area contributed by atoms with Crippen LogP contribution in [-0.4, -0.2) is 31.6 Å². The van der Waals surface area contributed by atoms with Gasteiger partial charge in [-0.05, 0) is 61.4 Å². The number of nitrogens with zero attached hydrogens (tertiary/aromatic N) is 2. The first-order chi connectivity index (χ1) is 16.8. The van der Waals surface area contributed by atoms with Crippen LogP contribution in [0.2, 0.25) is 5.02 Å². The van der Waals surface area contributed by atoms with E-state index >= 15 is 0 Å². The number of hydrogen-bond donors (Lipinski definition) is 1. The first-order valence-corrected chi connectivity index (χ1v) is 13.1. The summed E-state index contributed by atoms with van der Waals surface area (Å²) in [5.74, 6) is -1.43. The van der Waals surface area contributed by atoms with Crippen molar-refractivity contribution >= 4 is 49.8 Å². The summed E-state index contributed by atoms with van der Waals surface area (Å²) in [6.07, 6.45) is 1.29. The van der Waals surface area contributed by atoms with Gasteiger partial charge in [0.1, 0.15) is 5.82 Å². The molecule has 1 aromatic heterocycles. The predicted molar refractivity (Wildman–Crippen MR) is 137 cm³/mol. The Hall–Kier alpha value is -3.49. The van der Waals surface area contributed by atoms with Crippen LogP contribution in [0.25, 0.3) is 22.2 Å². The first-order valence-electron chi connectivity index (χ1n) is 11.1. The Morgan fingerprint density at radius 2 is 1.83 bits per heavy atom. The third-order valence-electron chi connectivity index (χ3n) is 5.93. The molecule has 0 saturated carbocycles. The number of halogens is 2. The van der Waals surface area contributed by atoms with E-state index in [0.717, 1.165) is 17.0 Å². The number of anilines is 2. The lowest BCUT2D eigenvalue weighted by atomic mass is 10.1. The molecule has 1 amide bonds. The quantitative estimate of drug-likeness (QED) is 0.373.